The van der Waals surface area contributed by atoms with Crippen LogP contribution in [0.25, 0.3) is 16.8 Å². The predicted octanol–water partition coefficient (Wildman–Crippen LogP) is 6.29. The van der Waals surface area contributed by atoms with Gasteiger partial charge in [0, 0.05) is 11.3 Å². The minimum Gasteiger partial charge on any atom is -0.496 e. The summed E-state index contributed by atoms with van der Waals surface area (Å²) in [5, 5.41) is 7.12. The van der Waals surface area contributed by atoms with E-state index in [2.05, 4.69) is 29.6 Å². The summed E-state index contributed by atoms with van der Waals surface area (Å²) in [6.45, 7) is 0.215. The van der Waals surface area contributed by atoms with E-state index in [0.29, 0.717) is 4.91 Å². The van der Waals surface area contributed by atoms with Crippen molar-refractivity contribution in [2.45, 2.75) is 12.1 Å². The molecule has 0 radical (unpaired) electrons. The van der Waals surface area contributed by atoms with Gasteiger partial charge in [0.15, 0.2) is 5.50 Å². The number of benzene rings is 4. The third kappa shape index (κ3) is 4.78. The third-order valence-electron chi connectivity index (χ3n) is 5.55. The fraction of sp³-hybridized carbons (Fsp3) is 0.107. The van der Waals surface area contributed by atoms with Crippen LogP contribution in [0.5, 0.6) is 5.75 Å². The van der Waals surface area contributed by atoms with Crippen LogP contribution in [-0.2, 0) is 16.2 Å². The number of fused-ring (bicyclic) bond motifs is 1. The molecule has 1 aliphatic heterocycles. The highest BCUT2D eigenvalue weighted by Crippen LogP contribution is 2.38. The Balaban J connectivity index is 1.42. The van der Waals surface area contributed by atoms with E-state index < -0.39 is 5.50 Å². The molecule has 1 heterocycles. The molecule has 170 valence electrons. The second-order valence-electron chi connectivity index (χ2n) is 7.81. The van der Waals surface area contributed by atoms with E-state index in [1.807, 2.05) is 78.9 Å². The van der Waals surface area contributed by atoms with Crippen molar-refractivity contribution in [2.75, 3.05) is 12.4 Å². The minimum atomic E-state index is -0.406. The average molecular weight is 469 g/mol. The van der Waals surface area contributed by atoms with Gasteiger partial charge in [-0.2, -0.15) is 5.06 Å². The molecule has 1 aliphatic rings. The van der Waals surface area contributed by atoms with Crippen molar-refractivity contribution in [3.05, 3.63) is 113 Å². The second kappa shape index (κ2) is 10.0. The molecule has 34 heavy (non-hydrogen) atoms. The van der Waals surface area contributed by atoms with Gasteiger partial charge in [-0.05, 0) is 46.7 Å². The van der Waals surface area contributed by atoms with Crippen LogP contribution in [0.2, 0.25) is 0 Å². The van der Waals surface area contributed by atoms with Gasteiger partial charge in [-0.1, -0.05) is 84.6 Å². The molecule has 0 spiro atoms. The standard InChI is InChI=1S/C28H24N2O3S/c1-32-25-14-8-7-11-23(25)19-33-30-27(31)26(34-28(30)29-24-12-3-2-4-13-24)18-20-15-16-21-9-5-6-10-22(21)17-20/h2-18,28-29H,19H2,1H3. The zero-order valence-electron chi connectivity index (χ0n) is 18.7. The largest absolute Gasteiger partial charge is 0.496 e. The van der Waals surface area contributed by atoms with E-state index in [9.17, 15) is 4.79 Å². The Morgan fingerprint density at radius 2 is 1.65 bits per heavy atom. The summed E-state index contributed by atoms with van der Waals surface area (Å²) in [6, 6.07) is 31.8. The van der Waals surface area contributed by atoms with Gasteiger partial charge in [-0.15, -0.1) is 0 Å². The maximum Gasteiger partial charge on any atom is 0.286 e. The van der Waals surface area contributed by atoms with Crippen LogP contribution in [0.3, 0.4) is 0 Å². The number of hydrogen-bond donors (Lipinski definition) is 1. The van der Waals surface area contributed by atoms with Crippen LogP contribution in [-0.4, -0.2) is 23.6 Å². The summed E-state index contributed by atoms with van der Waals surface area (Å²) in [7, 11) is 1.62. The molecule has 1 N–H and O–H groups in total. The molecule has 1 unspecified atom stereocenters. The number of hydroxylamine groups is 2. The number of amides is 1. The van der Waals surface area contributed by atoms with Crippen LogP contribution < -0.4 is 10.1 Å². The third-order valence-corrected chi connectivity index (χ3v) is 6.63. The van der Waals surface area contributed by atoms with Crippen molar-refractivity contribution in [1.29, 1.82) is 0 Å². The predicted molar refractivity (Wildman–Crippen MR) is 138 cm³/mol. The fourth-order valence-corrected chi connectivity index (χ4v) is 4.91. The lowest BCUT2D eigenvalue weighted by molar-refractivity contribution is -0.186. The van der Waals surface area contributed by atoms with Gasteiger partial charge in [-0.25, -0.2) is 0 Å². The second-order valence-corrected chi connectivity index (χ2v) is 8.93. The minimum absolute atomic E-state index is 0.179. The smallest absolute Gasteiger partial charge is 0.286 e. The van der Waals surface area contributed by atoms with Crippen molar-refractivity contribution in [3.63, 3.8) is 0 Å². The summed E-state index contributed by atoms with van der Waals surface area (Å²) in [4.78, 5) is 20.1. The van der Waals surface area contributed by atoms with Gasteiger partial charge < -0.3 is 10.1 Å². The van der Waals surface area contributed by atoms with E-state index in [0.717, 1.165) is 28.0 Å². The van der Waals surface area contributed by atoms with Crippen LogP contribution in [0.1, 0.15) is 11.1 Å². The maximum atomic E-state index is 13.4. The number of rotatable bonds is 7. The van der Waals surface area contributed by atoms with Crippen molar-refractivity contribution >= 4 is 40.2 Å². The molecule has 1 saturated heterocycles. The number of hydrogen-bond acceptors (Lipinski definition) is 5. The zero-order valence-corrected chi connectivity index (χ0v) is 19.5. The van der Waals surface area contributed by atoms with Crippen LogP contribution in [0.15, 0.2) is 102 Å². The molecule has 4 aromatic rings. The van der Waals surface area contributed by atoms with Crippen LogP contribution in [0.4, 0.5) is 5.69 Å². The van der Waals surface area contributed by atoms with Gasteiger partial charge in [0.25, 0.3) is 5.91 Å². The van der Waals surface area contributed by atoms with Crippen molar-refractivity contribution in [2.24, 2.45) is 0 Å². The van der Waals surface area contributed by atoms with Gasteiger partial charge in [0.2, 0.25) is 0 Å². The molecule has 0 aliphatic carbocycles. The van der Waals surface area contributed by atoms with Crippen LogP contribution >= 0.6 is 11.8 Å². The molecule has 1 fully saturated rings. The lowest BCUT2D eigenvalue weighted by Crippen LogP contribution is -2.37. The quantitative estimate of drug-likeness (QED) is 0.323. The van der Waals surface area contributed by atoms with Crippen molar-refractivity contribution in [1.82, 2.24) is 5.06 Å². The fourth-order valence-electron chi connectivity index (χ4n) is 3.83. The Labute approximate surface area is 202 Å². The van der Waals surface area contributed by atoms with Gasteiger partial charge in [0.1, 0.15) is 12.4 Å². The summed E-state index contributed by atoms with van der Waals surface area (Å²) < 4.78 is 5.43. The Morgan fingerprint density at radius 1 is 0.912 bits per heavy atom. The van der Waals surface area contributed by atoms with Crippen LogP contribution in [0, 0.1) is 0 Å². The summed E-state index contributed by atoms with van der Waals surface area (Å²) in [6.07, 6.45) is 1.92. The molecule has 5 rings (SSSR count). The number of nitrogens with one attached hydrogen (secondary N) is 1. The van der Waals surface area contributed by atoms with Gasteiger partial charge >= 0.3 is 0 Å². The molecule has 0 aromatic heterocycles. The molecule has 5 nitrogen and oxygen atoms in total. The number of anilines is 1. The van der Waals surface area contributed by atoms with E-state index in [4.69, 9.17) is 9.57 Å². The Bertz CT molecular complexity index is 1340. The Morgan fingerprint density at radius 3 is 2.47 bits per heavy atom. The number of carbonyl (C=O) groups excluding carboxylic acids is 1. The first-order valence-electron chi connectivity index (χ1n) is 11.0. The molecule has 0 bridgehead atoms. The first-order valence-corrected chi connectivity index (χ1v) is 11.9. The number of methoxy groups -OCH3 is 1. The number of ether oxygens (including phenoxy) is 1. The lowest BCUT2D eigenvalue weighted by atomic mass is 10.1. The average Bonchev–Trinajstić information content (AvgIpc) is 3.16. The number of carbonyl (C=O) groups is 1. The monoisotopic (exact) mass is 468 g/mol. The summed E-state index contributed by atoms with van der Waals surface area (Å²) in [5.74, 6) is 0.544. The Hall–Kier alpha value is -3.74. The molecule has 4 aromatic carbocycles. The molecule has 1 amide bonds. The zero-order chi connectivity index (χ0) is 23.3. The normalized spacial score (nSPS) is 16.9. The van der Waals surface area contributed by atoms with E-state index in [1.54, 1.807) is 7.11 Å². The summed E-state index contributed by atoms with van der Waals surface area (Å²) >= 11 is 1.44. The van der Waals surface area contributed by atoms with E-state index >= 15 is 0 Å². The topological polar surface area (TPSA) is 50.8 Å². The van der Waals surface area contributed by atoms with Gasteiger partial charge in [-0.3, -0.25) is 9.63 Å². The molecule has 1 atom stereocenters. The highest BCUT2D eigenvalue weighted by atomic mass is 32.2. The number of nitrogens with zero attached hydrogens (tertiary/aromatic N) is 1. The molecule has 0 saturated carbocycles. The lowest BCUT2D eigenvalue weighted by Gasteiger charge is -2.24. The van der Waals surface area contributed by atoms with Crippen molar-refractivity contribution in [3.8, 4) is 5.75 Å². The number of thioether (sulfide) groups is 1. The first kappa shape index (κ1) is 22.1. The maximum absolute atomic E-state index is 13.4. The molecular formula is C28H24N2O3S. The molecular weight excluding hydrogens is 444 g/mol. The van der Waals surface area contributed by atoms with Gasteiger partial charge in [0.05, 0.1) is 12.0 Å². The van der Waals surface area contributed by atoms with Crippen molar-refractivity contribution < 1.29 is 14.4 Å². The SMILES string of the molecule is COc1ccccc1CON1C(=O)C(=Cc2ccc3ccccc3c2)SC1Nc1ccccc1. The number of para-hydroxylation sites is 2. The van der Waals surface area contributed by atoms with E-state index in [1.165, 1.54) is 22.2 Å². The Kier molecular flexibility index (Phi) is 6.51. The van der Waals surface area contributed by atoms with E-state index in [-0.39, 0.29) is 12.5 Å². The highest BCUT2D eigenvalue weighted by molar-refractivity contribution is 8.05. The first-order chi connectivity index (χ1) is 16.7. The molecule has 6 heteroatoms. The summed E-state index contributed by atoms with van der Waals surface area (Å²) in [5.41, 5.74) is 2.34. The highest BCUT2D eigenvalue weighted by Gasteiger charge is 2.38.